The molecule has 0 spiro atoms. The molecule has 1 aromatic carbocycles. The van der Waals surface area contributed by atoms with Crippen LogP contribution in [0.15, 0.2) is 23.2 Å². The largest absolute Gasteiger partial charge is 0.493 e. The van der Waals surface area contributed by atoms with E-state index in [-0.39, 0.29) is 11.9 Å². The number of ether oxygens (including phenoxy) is 3. The Kier molecular flexibility index (Phi) is 4.20. The number of aliphatic imine (C=N–C) groups is 1. The van der Waals surface area contributed by atoms with Crippen LogP contribution in [0.2, 0.25) is 0 Å². The van der Waals surface area contributed by atoms with E-state index in [4.69, 9.17) is 14.2 Å². The normalized spacial score (nSPS) is 23.8. The van der Waals surface area contributed by atoms with Crippen LogP contribution in [0.1, 0.15) is 25.7 Å². The maximum atomic E-state index is 11.3. The minimum atomic E-state index is 0.0647. The predicted molar refractivity (Wildman–Crippen MR) is 78.8 cm³/mol. The van der Waals surface area contributed by atoms with Gasteiger partial charge in [-0.3, -0.25) is 9.79 Å². The van der Waals surface area contributed by atoms with Crippen molar-refractivity contribution in [1.82, 2.24) is 0 Å². The first-order chi connectivity index (χ1) is 10.2. The highest BCUT2D eigenvalue weighted by molar-refractivity contribution is 6.09. The Morgan fingerprint density at radius 2 is 2.19 bits per heavy atom. The van der Waals surface area contributed by atoms with Crippen LogP contribution in [0.25, 0.3) is 0 Å². The Morgan fingerprint density at radius 3 is 2.86 bits per heavy atom. The zero-order valence-corrected chi connectivity index (χ0v) is 12.1. The van der Waals surface area contributed by atoms with Gasteiger partial charge in [0.15, 0.2) is 11.5 Å². The molecule has 5 nitrogen and oxygen atoms in total. The van der Waals surface area contributed by atoms with Crippen molar-refractivity contribution in [1.29, 1.82) is 0 Å². The fourth-order valence-electron chi connectivity index (χ4n) is 2.58. The van der Waals surface area contributed by atoms with Crippen molar-refractivity contribution in [3.63, 3.8) is 0 Å². The molecule has 1 atom stereocenters. The first-order valence-corrected chi connectivity index (χ1v) is 7.25. The molecule has 0 aromatic heterocycles. The molecule has 2 aliphatic rings. The summed E-state index contributed by atoms with van der Waals surface area (Å²) in [5.74, 6) is 1.63. The molecule has 1 saturated heterocycles. The second-order valence-corrected chi connectivity index (χ2v) is 5.33. The number of benzene rings is 1. The Balaban J connectivity index is 1.80. The van der Waals surface area contributed by atoms with Crippen molar-refractivity contribution < 1.29 is 19.0 Å². The Labute approximate surface area is 123 Å². The van der Waals surface area contributed by atoms with Gasteiger partial charge in [0.05, 0.1) is 26.0 Å². The van der Waals surface area contributed by atoms with Crippen LogP contribution < -0.4 is 9.47 Å². The summed E-state index contributed by atoms with van der Waals surface area (Å²) in [6.45, 7) is 1.34. The lowest BCUT2D eigenvalue weighted by Gasteiger charge is -2.15. The summed E-state index contributed by atoms with van der Waals surface area (Å²) < 4.78 is 16.6. The third kappa shape index (κ3) is 3.42. The van der Waals surface area contributed by atoms with Gasteiger partial charge >= 0.3 is 0 Å². The lowest BCUT2D eigenvalue weighted by molar-refractivity contribution is -0.116. The smallest absolute Gasteiger partial charge is 0.163 e. The fraction of sp³-hybridized carbons (Fsp3) is 0.500. The van der Waals surface area contributed by atoms with Gasteiger partial charge in [-0.1, -0.05) is 0 Å². The van der Waals surface area contributed by atoms with Crippen LogP contribution >= 0.6 is 0 Å². The first kappa shape index (κ1) is 14.1. The summed E-state index contributed by atoms with van der Waals surface area (Å²) in [6.07, 6.45) is 2.79. The summed E-state index contributed by atoms with van der Waals surface area (Å²) in [5, 5.41) is 0. The van der Waals surface area contributed by atoms with E-state index in [1.807, 2.05) is 18.2 Å². The number of carbonyl (C=O) groups is 1. The topological polar surface area (TPSA) is 57.1 Å². The van der Waals surface area contributed by atoms with E-state index in [2.05, 4.69) is 4.99 Å². The van der Waals surface area contributed by atoms with Gasteiger partial charge in [-0.05, 0) is 18.6 Å². The molecule has 3 rings (SSSR count). The molecular formula is C16H19NO4. The zero-order chi connectivity index (χ0) is 14.7. The Hall–Kier alpha value is -1.88. The number of hydrogen-bond acceptors (Lipinski definition) is 5. The lowest BCUT2D eigenvalue weighted by atomic mass is 10.2. The molecule has 0 amide bonds. The number of rotatable bonds is 4. The Morgan fingerprint density at radius 1 is 1.29 bits per heavy atom. The van der Waals surface area contributed by atoms with E-state index in [1.165, 1.54) is 0 Å². The maximum absolute atomic E-state index is 11.3. The molecule has 1 unspecified atom stereocenters. The molecule has 1 aromatic rings. The molecule has 1 aliphatic heterocycles. The summed E-state index contributed by atoms with van der Waals surface area (Å²) in [6, 6.07) is 5.60. The van der Waals surface area contributed by atoms with Crippen molar-refractivity contribution in [2.24, 2.45) is 4.99 Å². The lowest BCUT2D eigenvalue weighted by Crippen LogP contribution is -2.16. The average molecular weight is 289 g/mol. The molecule has 21 heavy (non-hydrogen) atoms. The van der Waals surface area contributed by atoms with Crippen molar-refractivity contribution in [3.8, 4) is 11.5 Å². The highest BCUT2D eigenvalue weighted by Gasteiger charge is 2.20. The molecule has 1 aliphatic carbocycles. The van der Waals surface area contributed by atoms with Crippen LogP contribution in [-0.4, -0.2) is 37.9 Å². The Bertz CT molecular complexity index is 561. The average Bonchev–Trinajstić information content (AvgIpc) is 3.11. The van der Waals surface area contributed by atoms with Crippen molar-refractivity contribution >= 4 is 17.2 Å². The van der Waals surface area contributed by atoms with Gasteiger partial charge in [-0.2, -0.15) is 0 Å². The number of carbonyl (C=O) groups excluding carboxylic acids is 1. The van der Waals surface area contributed by atoms with Gasteiger partial charge in [0.2, 0.25) is 0 Å². The highest BCUT2D eigenvalue weighted by atomic mass is 16.6. The molecule has 0 bridgehead atoms. The quantitative estimate of drug-likeness (QED) is 0.855. The van der Waals surface area contributed by atoms with E-state index in [0.29, 0.717) is 30.9 Å². The summed E-state index contributed by atoms with van der Waals surface area (Å²) in [4.78, 5) is 15.8. The summed E-state index contributed by atoms with van der Waals surface area (Å²) in [7, 11) is 1.62. The predicted octanol–water partition coefficient (Wildman–Crippen LogP) is 2.69. The SMILES string of the molecule is COc1ccc(N=C2CCC(=O)C2)cc1OC1CCOC1. The van der Waals surface area contributed by atoms with Crippen molar-refractivity contribution in [3.05, 3.63) is 18.2 Å². The summed E-state index contributed by atoms with van der Waals surface area (Å²) in [5.41, 5.74) is 1.75. The van der Waals surface area contributed by atoms with Crippen LogP contribution in [0, 0.1) is 0 Å². The molecule has 5 heteroatoms. The third-order valence-electron chi connectivity index (χ3n) is 3.71. The molecule has 2 fully saturated rings. The van der Waals surface area contributed by atoms with Gasteiger partial charge in [-0.25, -0.2) is 0 Å². The molecule has 1 saturated carbocycles. The van der Waals surface area contributed by atoms with E-state index in [1.54, 1.807) is 7.11 Å². The van der Waals surface area contributed by atoms with E-state index < -0.39 is 0 Å². The van der Waals surface area contributed by atoms with Crippen LogP contribution in [0.5, 0.6) is 11.5 Å². The van der Waals surface area contributed by atoms with Crippen LogP contribution in [0.3, 0.4) is 0 Å². The number of hydrogen-bond donors (Lipinski definition) is 0. The molecule has 112 valence electrons. The third-order valence-corrected chi connectivity index (χ3v) is 3.71. The second-order valence-electron chi connectivity index (χ2n) is 5.33. The second kappa shape index (κ2) is 6.26. The maximum Gasteiger partial charge on any atom is 0.163 e. The number of methoxy groups -OCH3 is 1. The van der Waals surface area contributed by atoms with Crippen LogP contribution in [0.4, 0.5) is 5.69 Å². The molecule has 1 heterocycles. The molecular weight excluding hydrogens is 270 g/mol. The van der Waals surface area contributed by atoms with Gasteiger partial charge in [0, 0.05) is 31.0 Å². The minimum Gasteiger partial charge on any atom is -0.493 e. The van der Waals surface area contributed by atoms with E-state index in [0.717, 1.165) is 30.8 Å². The summed E-state index contributed by atoms with van der Waals surface area (Å²) >= 11 is 0. The molecule has 0 N–H and O–H groups in total. The van der Waals surface area contributed by atoms with E-state index >= 15 is 0 Å². The number of nitrogens with zero attached hydrogens (tertiary/aromatic N) is 1. The monoisotopic (exact) mass is 289 g/mol. The van der Waals surface area contributed by atoms with E-state index in [9.17, 15) is 4.79 Å². The fourth-order valence-corrected chi connectivity index (χ4v) is 2.58. The van der Waals surface area contributed by atoms with Gasteiger partial charge in [0.1, 0.15) is 11.9 Å². The van der Waals surface area contributed by atoms with Gasteiger partial charge in [-0.15, -0.1) is 0 Å². The minimum absolute atomic E-state index is 0.0647. The first-order valence-electron chi connectivity index (χ1n) is 7.25. The van der Waals surface area contributed by atoms with Crippen LogP contribution in [-0.2, 0) is 9.53 Å². The number of Topliss-reactive ketones (excluding diaryl/α,β-unsaturated/α-hetero) is 1. The highest BCUT2D eigenvalue weighted by Crippen LogP contribution is 2.33. The number of ketones is 1. The van der Waals surface area contributed by atoms with Crippen molar-refractivity contribution in [2.45, 2.75) is 31.8 Å². The van der Waals surface area contributed by atoms with Gasteiger partial charge in [0.25, 0.3) is 0 Å². The van der Waals surface area contributed by atoms with Crippen molar-refractivity contribution in [2.75, 3.05) is 20.3 Å². The standard InChI is InChI=1S/C16H19NO4/c1-19-15-5-3-12(17-11-2-4-13(18)8-11)9-16(15)21-14-6-7-20-10-14/h3,5,9,14H,2,4,6-8,10H2,1H3. The molecule has 0 radical (unpaired) electrons. The zero-order valence-electron chi connectivity index (χ0n) is 12.1. The van der Waals surface area contributed by atoms with Gasteiger partial charge < -0.3 is 14.2 Å².